The molecule has 2 N–H and O–H groups in total. The Kier molecular flexibility index (Phi) is 6.05. The molecule has 0 aliphatic carbocycles. The molecular formula is C24H26N4O. The predicted octanol–water partition coefficient (Wildman–Crippen LogP) is 4.94. The Morgan fingerprint density at radius 1 is 0.897 bits per heavy atom. The van der Waals surface area contributed by atoms with Gasteiger partial charge >= 0.3 is 0 Å². The lowest BCUT2D eigenvalue weighted by molar-refractivity contribution is 0.102. The third kappa shape index (κ3) is 5.13. The fourth-order valence-electron chi connectivity index (χ4n) is 3.53. The normalized spacial score (nSPS) is 13.7. The van der Waals surface area contributed by atoms with E-state index in [0.29, 0.717) is 12.1 Å². The average molecular weight is 386 g/mol. The highest BCUT2D eigenvalue weighted by Gasteiger charge is 2.11. The Morgan fingerprint density at radius 3 is 2.34 bits per heavy atom. The molecule has 2 aromatic carbocycles. The van der Waals surface area contributed by atoms with Crippen LogP contribution in [0.1, 0.15) is 35.2 Å². The van der Waals surface area contributed by atoms with Gasteiger partial charge in [-0.1, -0.05) is 30.3 Å². The molecule has 5 nitrogen and oxygen atoms in total. The molecule has 5 heteroatoms. The van der Waals surface area contributed by atoms with E-state index in [4.69, 9.17) is 0 Å². The van der Waals surface area contributed by atoms with Crippen molar-refractivity contribution < 1.29 is 4.79 Å². The number of piperidine rings is 1. The van der Waals surface area contributed by atoms with Crippen molar-refractivity contribution in [1.29, 1.82) is 0 Å². The first-order valence-corrected chi connectivity index (χ1v) is 10.2. The number of hydrogen-bond donors (Lipinski definition) is 2. The Hall–Kier alpha value is -3.34. The first-order chi connectivity index (χ1) is 14.3. The molecule has 1 fully saturated rings. The Bertz CT molecular complexity index is 917. The largest absolute Gasteiger partial charge is 0.372 e. The minimum atomic E-state index is -0.155. The lowest BCUT2D eigenvalue weighted by Gasteiger charge is -2.28. The highest BCUT2D eigenvalue weighted by Crippen LogP contribution is 2.22. The number of amides is 1. The van der Waals surface area contributed by atoms with Crippen LogP contribution < -0.4 is 15.5 Å². The summed E-state index contributed by atoms with van der Waals surface area (Å²) in [5.74, 6) is 0.592. The van der Waals surface area contributed by atoms with Crippen LogP contribution in [0.4, 0.5) is 17.2 Å². The van der Waals surface area contributed by atoms with E-state index in [1.165, 1.54) is 30.5 Å². The van der Waals surface area contributed by atoms with Crippen LogP contribution in [0.2, 0.25) is 0 Å². The monoisotopic (exact) mass is 386 g/mol. The molecule has 4 rings (SSSR count). The maximum atomic E-state index is 12.5. The van der Waals surface area contributed by atoms with E-state index in [0.717, 1.165) is 24.6 Å². The molecule has 3 aromatic rings. The molecule has 1 aliphatic heterocycles. The van der Waals surface area contributed by atoms with Crippen LogP contribution >= 0.6 is 0 Å². The zero-order valence-corrected chi connectivity index (χ0v) is 16.5. The number of pyridine rings is 1. The van der Waals surface area contributed by atoms with Gasteiger partial charge in [0.2, 0.25) is 0 Å². The topological polar surface area (TPSA) is 57.3 Å². The van der Waals surface area contributed by atoms with E-state index in [2.05, 4.69) is 44.8 Å². The fraction of sp³-hybridized carbons (Fsp3) is 0.250. The number of nitrogens with zero attached hydrogens (tertiary/aromatic N) is 2. The molecule has 148 valence electrons. The third-order valence-electron chi connectivity index (χ3n) is 5.19. The highest BCUT2D eigenvalue weighted by molar-refractivity contribution is 6.04. The Morgan fingerprint density at radius 2 is 1.66 bits per heavy atom. The summed E-state index contributed by atoms with van der Waals surface area (Å²) in [4.78, 5) is 19.3. The molecular weight excluding hydrogens is 360 g/mol. The van der Waals surface area contributed by atoms with Gasteiger partial charge in [0.05, 0.1) is 5.56 Å². The van der Waals surface area contributed by atoms with E-state index in [1.54, 1.807) is 12.3 Å². The molecule has 29 heavy (non-hydrogen) atoms. The van der Waals surface area contributed by atoms with E-state index < -0.39 is 0 Å². The zero-order valence-electron chi connectivity index (χ0n) is 16.5. The van der Waals surface area contributed by atoms with Crippen LogP contribution in [-0.4, -0.2) is 24.0 Å². The third-order valence-corrected chi connectivity index (χ3v) is 5.19. The molecule has 0 bridgehead atoms. The summed E-state index contributed by atoms with van der Waals surface area (Å²) < 4.78 is 0. The number of carbonyl (C=O) groups is 1. The zero-order chi connectivity index (χ0) is 19.9. The lowest BCUT2D eigenvalue weighted by Crippen LogP contribution is -2.29. The summed E-state index contributed by atoms with van der Waals surface area (Å²) in [6.45, 7) is 2.92. The van der Waals surface area contributed by atoms with Gasteiger partial charge in [-0.3, -0.25) is 4.79 Å². The van der Waals surface area contributed by atoms with Crippen molar-refractivity contribution in [1.82, 2.24) is 4.98 Å². The molecule has 0 spiro atoms. The number of benzene rings is 2. The lowest BCUT2D eigenvalue weighted by atomic mass is 10.1. The van der Waals surface area contributed by atoms with Crippen LogP contribution in [-0.2, 0) is 6.54 Å². The number of anilines is 3. The van der Waals surface area contributed by atoms with Crippen LogP contribution in [0.3, 0.4) is 0 Å². The number of carbonyl (C=O) groups excluding carboxylic acids is 1. The van der Waals surface area contributed by atoms with E-state index >= 15 is 0 Å². The van der Waals surface area contributed by atoms with E-state index in [9.17, 15) is 4.79 Å². The molecule has 2 heterocycles. The first kappa shape index (κ1) is 19.0. The van der Waals surface area contributed by atoms with Crippen molar-refractivity contribution in [3.05, 3.63) is 84.1 Å². The van der Waals surface area contributed by atoms with Crippen molar-refractivity contribution in [2.24, 2.45) is 0 Å². The quantitative estimate of drug-likeness (QED) is 0.630. The van der Waals surface area contributed by atoms with Crippen LogP contribution in [0.5, 0.6) is 0 Å². The second-order valence-corrected chi connectivity index (χ2v) is 7.32. The van der Waals surface area contributed by atoms with Gasteiger partial charge in [-0.25, -0.2) is 4.98 Å². The fourth-order valence-corrected chi connectivity index (χ4v) is 3.53. The summed E-state index contributed by atoms with van der Waals surface area (Å²) >= 11 is 0. The van der Waals surface area contributed by atoms with Crippen LogP contribution in [0.15, 0.2) is 72.9 Å². The number of rotatable bonds is 6. The second kappa shape index (κ2) is 9.24. The van der Waals surface area contributed by atoms with Gasteiger partial charge in [0.25, 0.3) is 5.91 Å². The van der Waals surface area contributed by atoms with Gasteiger partial charge in [0, 0.05) is 37.2 Å². The second-order valence-electron chi connectivity index (χ2n) is 7.32. The SMILES string of the molecule is O=C(Nc1ccc(N2CCCCC2)cc1)c1ccc(NCc2ccccc2)nc1. The van der Waals surface area contributed by atoms with Gasteiger partial charge in [-0.15, -0.1) is 0 Å². The van der Waals surface area contributed by atoms with Crippen molar-refractivity contribution in [3.63, 3.8) is 0 Å². The van der Waals surface area contributed by atoms with Crippen molar-refractivity contribution in [2.45, 2.75) is 25.8 Å². The molecule has 1 aliphatic rings. The molecule has 0 atom stereocenters. The first-order valence-electron chi connectivity index (χ1n) is 10.2. The smallest absolute Gasteiger partial charge is 0.257 e. The summed E-state index contributed by atoms with van der Waals surface area (Å²) in [5, 5.41) is 6.21. The van der Waals surface area contributed by atoms with E-state index in [1.807, 2.05) is 36.4 Å². The highest BCUT2D eigenvalue weighted by atomic mass is 16.1. The number of nitrogens with one attached hydrogen (secondary N) is 2. The minimum absolute atomic E-state index is 0.155. The minimum Gasteiger partial charge on any atom is -0.372 e. The van der Waals surface area contributed by atoms with Gasteiger partial charge in [-0.2, -0.15) is 0 Å². The molecule has 0 saturated carbocycles. The number of hydrogen-bond acceptors (Lipinski definition) is 4. The van der Waals surface area contributed by atoms with Gasteiger partial charge in [-0.05, 0) is 61.2 Å². The maximum absolute atomic E-state index is 12.5. The molecule has 1 amide bonds. The van der Waals surface area contributed by atoms with Crippen molar-refractivity contribution in [3.8, 4) is 0 Å². The van der Waals surface area contributed by atoms with E-state index in [-0.39, 0.29) is 5.91 Å². The van der Waals surface area contributed by atoms with Gasteiger partial charge in [0.15, 0.2) is 0 Å². The summed E-state index contributed by atoms with van der Waals surface area (Å²) in [7, 11) is 0. The summed E-state index contributed by atoms with van der Waals surface area (Å²) in [6.07, 6.45) is 5.42. The van der Waals surface area contributed by atoms with Crippen molar-refractivity contribution in [2.75, 3.05) is 28.6 Å². The molecule has 0 unspecified atom stereocenters. The van der Waals surface area contributed by atoms with Gasteiger partial charge < -0.3 is 15.5 Å². The standard InChI is InChI=1S/C24H26N4O/c29-24(27-21-10-12-22(13-11-21)28-15-5-2-6-16-28)20-9-14-23(26-18-20)25-17-19-7-3-1-4-8-19/h1,3-4,7-14,18H,2,5-6,15-17H2,(H,25,26)(H,27,29). The molecule has 0 radical (unpaired) electrons. The Labute approximate surface area is 171 Å². The van der Waals surface area contributed by atoms with Gasteiger partial charge in [0.1, 0.15) is 5.82 Å². The maximum Gasteiger partial charge on any atom is 0.257 e. The van der Waals surface area contributed by atoms with Crippen LogP contribution in [0.25, 0.3) is 0 Å². The Balaban J connectivity index is 1.32. The average Bonchev–Trinajstić information content (AvgIpc) is 2.80. The number of aromatic nitrogens is 1. The molecule has 1 saturated heterocycles. The van der Waals surface area contributed by atoms with Crippen LogP contribution in [0, 0.1) is 0 Å². The van der Waals surface area contributed by atoms with Crippen molar-refractivity contribution >= 4 is 23.1 Å². The predicted molar refractivity (Wildman–Crippen MR) is 118 cm³/mol. The molecule has 1 aromatic heterocycles. The summed E-state index contributed by atoms with van der Waals surface area (Å²) in [5.41, 5.74) is 3.74. The summed E-state index contributed by atoms with van der Waals surface area (Å²) in [6, 6.07) is 21.8.